The Morgan fingerprint density at radius 3 is 2.07 bits per heavy atom. The Hall–Kier alpha value is -6.86. The summed E-state index contributed by atoms with van der Waals surface area (Å²) in [6.07, 6.45) is 12.2. The molecule has 3 aromatic carbocycles. The first-order chi connectivity index (χ1) is 26.8. The van der Waals surface area contributed by atoms with Crippen molar-refractivity contribution in [2.75, 3.05) is 0 Å². The summed E-state index contributed by atoms with van der Waals surface area (Å²) in [7, 11) is 0. The minimum Gasteiger partial charge on any atom is -0.342 e. The third-order valence-corrected chi connectivity index (χ3v) is 9.51. The van der Waals surface area contributed by atoms with E-state index >= 15 is 0 Å². The van der Waals surface area contributed by atoms with Crippen LogP contribution in [-0.4, -0.2) is 59.5 Å². The predicted octanol–water partition coefficient (Wildman–Crippen LogP) is 8.85. The number of aromatic amines is 1. The van der Waals surface area contributed by atoms with Gasteiger partial charge in [-0.25, -0.2) is 39.9 Å². The summed E-state index contributed by atoms with van der Waals surface area (Å²) in [5, 5.41) is 11.2. The van der Waals surface area contributed by atoms with Gasteiger partial charge in [0, 0.05) is 47.2 Å². The van der Waals surface area contributed by atoms with E-state index in [4.69, 9.17) is 0 Å². The van der Waals surface area contributed by atoms with Crippen LogP contribution in [0.5, 0.6) is 0 Å². The average molecular weight is 743 g/mol. The van der Waals surface area contributed by atoms with Gasteiger partial charge in [0.1, 0.15) is 22.7 Å². The van der Waals surface area contributed by atoms with Gasteiger partial charge in [-0.05, 0) is 62.1 Å². The van der Waals surface area contributed by atoms with E-state index in [1.54, 1.807) is 42.5 Å². The summed E-state index contributed by atoms with van der Waals surface area (Å²) in [5.74, 6) is 2.03. The number of hydrogen-bond acceptors (Lipinski definition) is 11. The van der Waals surface area contributed by atoms with Crippen molar-refractivity contribution in [1.29, 1.82) is 0 Å². The summed E-state index contributed by atoms with van der Waals surface area (Å²) in [5.41, 5.74) is 11.9. The van der Waals surface area contributed by atoms with Gasteiger partial charge in [-0.15, -0.1) is 11.3 Å². The first-order valence-electron chi connectivity index (χ1n) is 17.6. The molecule has 0 amide bonds. The minimum atomic E-state index is 0.558. The number of benzene rings is 3. The largest absolute Gasteiger partial charge is 0.342 e. The van der Waals surface area contributed by atoms with Crippen LogP contribution in [0.25, 0.3) is 49.3 Å². The van der Waals surface area contributed by atoms with Crippen LogP contribution < -0.4 is 0 Å². The zero-order valence-electron chi connectivity index (χ0n) is 31.0. The van der Waals surface area contributed by atoms with Crippen LogP contribution in [0.3, 0.4) is 0 Å². The Balaban J connectivity index is 0.000000107. The van der Waals surface area contributed by atoms with Crippen molar-refractivity contribution >= 4 is 49.5 Å². The summed E-state index contributed by atoms with van der Waals surface area (Å²) in [6, 6.07) is 27.4. The smallest absolute Gasteiger partial charge is 0.193 e. The molecule has 1 N–H and O–H groups in total. The topological polar surface area (TPSA) is 149 Å². The van der Waals surface area contributed by atoms with E-state index in [1.165, 1.54) is 27.9 Å². The second-order valence-electron chi connectivity index (χ2n) is 12.6. The fraction of sp³-hybridized carbons (Fsp3) is 0.143. The maximum atomic E-state index is 4.16. The molecule has 0 radical (unpaired) electrons. The fourth-order valence-electron chi connectivity index (χ4n) is 6.02. The van der Waals surface area contributed by atoms with E-state index in [-0.39, 0.29) is 0 Å². The van der Waals surface area contributed by atoms with E-state index in [9.17, 15) is 0 Å². The lowest BCUT2D eigenvalue weighted by atomic mass is 10.00. The molecule has 0 spiro atoms. The molecule has 11 rings (SSSR count). The van der Waals surface area contributed by atoms with Gasteiger partial charge < -0.3 is 4.98 Å². The van der Waals surface area contributed by atoms with Crippen molar-refractivity contribution in [2.45, 2.75) is 40.5 Å². The predicted molar refractivity (Wildman–Crippen MR) is 218 cm³/mol. The highest BCUT2D eigenvalue weighted by atomic mass is 32.1. The lowest BCUT2D eigenvalue weighted by molar-refractivity contribution is 0.957. The molecule has 0 aliphatic heterocycles. The number of fused-ring (bicyclic) bond motifs is 7. The molecule has 7 aromatic heterocycles. The maximum absolute atomic E-state index is 4.16. The molecule has 0 unspecified atom stereocenters. The lowest BCUT2D eigenvalue weighted by Crippen LogP contribution is -1.91. The zero-order chi connectivity index (χ0) is 38.1. The van der Waals surface area contributed by atoms with Gasteiger partial charge in [-0.1, -0.05) is 73.7 Å². The molecule has 1 aliphatic carbocycles. The van der Waals surface area contributed by atoms with Crippen LogP contribution in [-0.2, 0) is 0 Å². The van der Waals surface area contributed by atoms with Crippen LogP contribution in [0.1, 0.15) is 47.0 Å². The van der Waals surface area contributed by atoms with Gasteiger partial charge in [0.2, 0.25) is 0 Å². The summed E-state index contributed by atoms with van der Waals surface area (Å²) >= 11 is 1.66. The fourth-order valence-corrected chi connectivity index (χ4v) is 6.75. The highest BCUT2D eigenvalue weighted by molar-refractivity contribution is 7.15. The number of nitrogens with one attached hydrogen (secondary N) is 1. The molecule has 0 fully saturated rings. The Bertz CT molecular complexity index is 2700. The molecule has 12 nitrogen and oxygen atoms in total. The third-order valence-electron chi connectivity index (χ3n) is 8.74. The van der Waals surface area contributed by atoms with Gasteiger partial charge in [0.15, 0.2) is 16.3 Å². The molecular weight excluding hydrogens is 705 g/mol. The van der Waals surface area contributed by atoms with E-state index < -0.39 is 0 Å². The number of aromatic nitrogens is 12. The first-order valence-corrected chi connectivity index (χ1v) is 18.5. The van der Waals surface area contributed by atoms with Crippen LogP contribution >= 0.6 is 11.3 Å². The van der Waals surface area contributed by atoms with Crippen molar-refractivity contribution in [2.24, 2.45) is 0 Å². The Morgan fingerprint density at radius 1 is 0.636 bits per heavy atom. The summed E-state index contributed by atoms with van der Waals surface area (Å²) in [4.78, 5) is 36.3. The third kappa shape index (κ3) is 8.69. The summed E-state index contributed by atoms with van der Waals surface area (Å²) in [6.45, 7) is 9.94. The van der Waals surface area contributed by atoms with Crippen LogP contribution in [0.2, 0.25) is 0 Å². The van der Waals surface area contributed by atoms with E-state index in [0.717, 1.165) is 49.9 Å². The number of H-pyrrole nitrogens is 1. The number of hydrogen-bond donors (Lipinski definition) is 1. The molecule has 7 heterocycles. The number of aryl methyl sites for hydroxylation is 4. The Labute approximate surface area is 321 Å². The second kappa shape index (κ2) is 16.9. The lowest BCUT2D eigenvalue weighted by Gasteiger charge is -2.04. The van der Waals surface area contributed by atoms with Crippen LogP contribution in [0.4, 0.5) is 0 Å². The van der Waals surface area contributed by atoms with Crippen molar-refractivity contribution in [3.63, 3.8) is 0 Å². The van der Waals surface area contributed by atoms with Crippen molar-refractivity contribution in [3.05, 3.63) is 162 Å². The number of rotatable bonds is 0. The van der Waals surface area contributed by atoms with E-state index in [1.807, 2.05) is 75.8 Å². The van der Waals surface area contributed by atoms with Crippen LogP contribution in [0.15, 0.2) is 128 Å². The van der Waals surface area contributed by atoms with Crippen molar-refractivity contribution < 1.29 is 0 Å². The average Bonchev–Trinajstić information content (AvgIpc) is 4.02. The molecule has 0 bridgehead atoms. The van der Waals surface area contributed by atoms with Gasteiger partial charge in [0.05, 0.1) is 29.9 Å². The van der Waals surface area contributed by atoms with Crippen molar-refractivity contribution in [1.82, 2.24) is 59.5 Å². The van der Waals surface area contributed by atoms with Crippen LogP contribution in [0, 0.1) is 27.7 Å². The van der Waals surface area contributed by atoms with E-state index in [2.05, 4.69) is 115 Å². The quantitative estimate of drug-likeness (QED) is 0.160. The summed E-state index contributed by atoms with van der Waals surface area (Å²) < 4.78 is 2.07. The highest BCUT2D eigenvalue weighted by Gasteiger charge is 2.23. The number of imidazole rings is 2. The molecular formula is C42H38N12S. The molecule has 10 aromatic rings. The molecule has 1 aliphatic rings. The Kier molecular flexibility index (Phi) is 11.2. The zero-order valence-corrected chi connectivity index (χ0v) is 31.8. The Morgan fingerprint density at radius 2 is 1.31 bits per heavy atom. The standard InChI is InChI=1S/C14H12.C9H8N2.C7H6N4.C6H6N4.C6H6N2S/c1-10-11-6-2-4-8-13(11)14-9-5-3-7-12(10)14;1-7-6-8-4-2-3-5-9(8)11-10-7;1-5-10-4-6-7(11-5)9-3-2-8-6;1-4-7-2-5-6(10-4)9-3-8-5;1-5-4-7-6-8(5)2-3-9-6/h2-10H,1H3;2-6H,1H3;2-4H,1H3;2-3H,1H3,(H,7,8,9,10);2-4H,1H3. The molecule has 272 valence electrons. The molecule has 0 saturated carbocycles. The van der Waals surface area contributed by atoms with Gasteiger partial charge >= 0.3 is 0 Å². The number of thiazole rings is 1. The SMILES string of the molecule is CC1c2ccccc2-c2ccccc21.Cc1cc2ccccc2nn1.Cc1cnc2sccn12.Cc1ncc2[nH]cnc2n1.Cc1ncc2nccnc2n1. The molecule has 55 heavy (non-hydrogen) atoms. The molecule has 0 saturated heterocycles. The molecule has 0 atom stereocenters. The molecule has 13 heteroatoms. The van der Waals surface area contributed by atoms with E-state index in [0.29, 0.717) is 11.6 Å². The monoisotopic (exact) mass is 742 g/mol. The van der Waals surface area contributed by atoms with Gasteiger partial charge in [0.25, 0.3) is 0 Å². The highest BCUT2D eigenvalue weighted by Crippen LogP contribution is 2.43. The maximum Gasteiger partial charge on any atom is 0.193 e. The van der Waals surface area contributed by atoms with Gasteiger partial charge in [-0.3, -0.25) is 4.40 Å². The van der Waals surface area contributed by atoms with Crippen molar-refractivity contribution in [3.8, 4) is 11.1 Å². The number of nitrogens with zero attached hydrogens (tertiary/aromatic N) is 11. The van der Waals surface area contributed by atoms with Gasteiger partial charge in [-0.2, -0.15) is 10.2 Å². The minimum absolute atomic E-state index is 0.558. The second-order valence-corrected chi connectivity index (χ2v) is 13.5. The normalized spacial score (nSPS) is 11.3. The first kappa shape index (κ1) is 36.5.